The number of anilines is 9. The van der Waals surface area contributed by atoms with Crippen LogP contribution in [0, 0.1) is 5.92 Å². The zero-order valence-electron chi connectivity index (χ0n) is 74.5. The Balaban J connectivity index is 0.000000108. The molecule has 0 bridgehead atoms. The lowest BCUT2D eigenvalue weighted by Gasteiger charge is -2.31. The van der Waals surface area contributed by atoms with Crippen LogP contribution in [0.25, 0.3) is 88.1 Å². The first-order valence-electron chi connectivity index (χ1n) is 46.1. The number of nitrogens with one attached hydrogen (secondary N) is 9. The van der Waals surface area contributed by atoms with Crippen molar-refractivity contribution in [3.63, 3.8) is 0 Å². The van der Waals surface area contributed by atoms with Gasteiger partial charge in [-0.15, -0.1) is 0 Å². The highest BCUT2D eigenvalue weighted by Gasteiger charge is 2.31. The standard InChI is InChI=1S/C27H22N6O2.C26H27N7O.C25H23N7O2.C25H25N7O/c34-27(30-20-8-10-25(29-16-20)33-11-4-12-33)26-23-14-18(7-9-24(23)31-32-26)19-13-22(17-28-15-19)35-21-5-2-1-3-6-21;34-26(29-21-5-7-24(28-16-21)33-10-3-11-33)25-22-13-19(4-6-23(22)30-31-25)20-12-18(14-27-15-20)17-32-8-1-2-9-32;33-24(15-2-3-15)29-19-10-17(12-26-13-19)16-4-6-21-20(11-16)23(31-30-21)25(34)28-18-5-7-22(27-14-18)32-8-1-9-32;33-25(28-20-4-6-23(27-15-20)32-9-2-10-32)24-21-12-18(3-5-22(21)29-30-24)19-11-17(13-26-14-19)16-31-7-1-8-31/h1-3,5-10,13-17H,4,11-12H2,(H,30,34)(H,31,32);4-7,12-16H,1-3,8-11,17H2,(H,29,34)(H,30,31);4-7,10-15H,1-3,8-9H2,(H,28,34)(H,29,33)(H,30,31);3-6,11-15H,1-2,7-10,16H2,(H,28,33)(H,29,30). The molecule has 33 nitrogen and oxygen atoms in total. The molecule has 1 aliphatic carbocycles. The summed E-state index contributed by atoms with van der Waals surface area (Å²) in [7, 11) is 0. The molecule has 136 heavy (non-hydrogen) atoms. The molecular formula is C103H97N27O6. The van der Waals surface area contributed by atoms with Gasteiger partial charge < -0.3 is 50.9 Å². The fraction of sp³-hybridized carbons (Fsp3) is 0.233. The van der Waals surface area contributed by atoms with Crippen LogP contribution in [0.5, 0.6) is 11.5 Å². The molecule has 5 aromatic carbocycles. The van der Waals surface area contributed by atoms with Crippen LogP contribution in [-0.4, -0.2) is 199 Å². The average molecular weight is 1810 g/mol. The van der Waals surface area contributed by atoms with E-state index in [1.54, 1.807) is 49.6 Å². The third-order valence-electron chi connectivity index (χ3n) is 25.4. The Kier molecular flexibility index (Phi) is 24.8. The van der Waals surface area contributed by atoms with Crippen molar-refractivity contribution >= 4 is 125 Å². The summed E-state index contributed by atoms with van der Waals surface area (Å²) in [6.45, 7) is 14.7. The smallest absolute Gasteiger partial charge is 0.276 e. The lowest BCUT2D eigenvalue weighted by molar-refractivity contribution is -0.117. The maximum Gasteiger partial charge on any atom is 0.276 e. The van der Waals surface area contributed by atoms with Gasteiger partial charge in [-0.25, -0.2) is 19.9 Å². The number of carbonyl (C=O) groups is 5. The summed E-state index contributed by atoms with van der Waals surface area (Å²) in [5.41, 5.74) is 17.7. The zero-order valence-corrected chi connectivity index (χ0v) is 74.5. The molecule has 7 fully saturated rings. The summed E-state index contributed by atoms with van der Waals surface area (Å²) in [6, 6.07) is 56.5. The molecule has 7 aliphatic rings. The molecule has 0 radical (unpaired) electrons. The van der Waals surface area contributed by atoms with Crippen LogP contribution >= 0.6 is 0 Å². The van der Waals surface area contributed by atoms with Crippen molar-refractivity contribution in [2.75, 3.05) is 125 Å². The largest absolute Gasteiger partial charge is 0.456 e. The normalized spacial score (nSPS) is 14.9. The molecule has 5 amide bonds. The quantitative estimate of drug-likeness (QED) is 0.0271. The van der Waals surface area contributed by atoms with Gasteiger partial charge in [0.2, 0.25) is 5.91 Å². The lowest BCUT2D eigenvalue weighted by atomic mass is 10.0. The fourth-order valence-corrected chi connectivity index (χ4v) is 17.0. The van der Waals surface area contributed by atoms with Crippen LogP contribution in [0.15, 0.2) is 250 Å². The molecule has 6 aliphatic heterocycles. The van der Waals surface area contributed by atoms with E-state index in [1.807, 2.05) is 189 Å². The Hall–Kier alpha value is -16.6. The summed E-state index contributed by atoms with van der Waals surface area (Å²) in [5.74, 6) is 4.13. The summed E-state index contributed by atoms with van der Waals surface area (Å²) in [5, 5.41) is 46.4. The number of ether oxygens (including phenoxy) is 1. The molecule has 24 rings (SSSR count). The van der Waals surface area contributed by atoms with E-state index in [9.17, 15) is 24.0 Å². The minimum absolute atomic E-state index is 0.0376. The van der Waals surface area contributed by atoms with Gasteiger partial charge in [-0.2, -0.15) is 20.4 Å². The van der Waals surface area contributed by atoms with E-state index < -0.39 is 0 Å². The molecule has 33 heteroatoms. The molecule has 9 N–H and O–H groups in total. The molecule has 0 atom stereocenters. The minimum atomic E-state index is -0.314. The number of nitrogens with zero attached hydrogens (tertiary/aromatic N) is 18. The van der Waals surface area contributed by atoms with Crippen molar-refractivity contribution < 1.29 is 28.7 Å². The van der Waals surface area contributed by atoms with Gasteiger partial charge in [-0.3, -0.25) is 74.1 Å². The number of rotatable bonds is 24. The van der Waals surface area contributed by atoms with Crippen molar-refractivity contribution in [1.29, 1.82) is 0 Å². The number of pyridine rings is 8. The second-order valence-corrected chi connectivity index (χ2v) is 35.0. The molecule has 0 spiro atoms. The number of para-hydroxylation sites is 1. The molecule has 12 aromatic heterocycles. The minimum Gasteiger partial charge on any atom is -0.456 e. The molecule has 6 saturated heterocycles. The molecule has 18 heterocycles. The van der Waals surface area contributed by atoms with E-state index in [0.29, 0.717) is 62.3 Å². The van der Waals surface area contributed by atoms with E-state index in [-0.39, 0.29) is 35.5 Å². The SMILES string of the molecule is O=C(Nc1ccc(N2CCC2)nc1)c1n[nH]c2ccc(-c3cncc(CN4CCC4)c3)cc12.O=C(Nc1ccc(N2CCC2)nc1)c1n[nH]c2ccc(-c3cncc(CN4CCCC4)c3)cc12.O=C(Nc1ccc(N2CCC2)nc1)c1n[nH]c2ccc(-c3cncc(NC(=O)C4CC4)c3)cc12.O=C(Nc1ccc(N2CCC2)nc1)c1n[nH]c2ccc(-c3cncc(Oc4ccccc4)c3)cc12. The van der Waals surface area contributed by atoms with Gasteiger partial charge >= 0.3 is 0 Å². The van der Waals surface area contributed by atoms with Crippen molar-refractivity contribution in [3.8, 4) is 56.0 Å². The van der Waals surface area contributed by atoms with E-state index in [2.05, 4.69) is 149 Å². The Bertz CT molecular complexity index is 7220. The number of H-pyrrole nitrogens is 4. The number of benzene rings is 5. The number of aromatic amines is 4. The first-order chi connectivity index (χ1) is 66.8. The van der Waals surface area contributed by atoms with Crippen molar-refractivity contribution in [1.82, 2.24) is 90.5 Å². The van der Waals surface area contributed by atoms with Gasteiger partial charge in [-0.05, 0) is 251 Å². The van der Waals surface area contributed by atoms with Gasteiger partial charge in [0, 0.05) is 152 Å². The summed E-state index contributed by atoms with van der Waals surface area (Å²) in [4.78, 5) is 113. The van der Waals surface area contributed by atoms with E-state index in [1.165, 1.54) is 56.1 Å². The van der Waals surface area contributed by atoms with E-state index >= 15 is 0 Å². The van der Waals surface area contributed by atoms with Gasteiger partial charge in [0.15, 0.2) is 22.8 Å². The first-order valence-corrected chi connectivity index (χ1v) is 46.1. The molecular weight excluding hydrogens is 1710 g/mol. The third-order valence-corrected chi connectivity index (χ3v) is 25.4. The third kappa shape index (κ3) is 19.8. The average Bonchev–Trinajstić information content (AvgIpc) is 1.66. The predicted octanol–water partition coefficient (Wildman–Crippen LogP) is 16.9. The second kappa shape index (κ2) is 39.1. The monoisotopic (exact) mass is 1810 g/mol. The number of aromatic nitrogens is 16. The van der Waals surface area contributed by atoms with E-state index in [0.717, 1.165) is 216 Å². The van der Waals surface area contributed by atoms with Crippen LogP contribution in [0.4, 0.5) is 51.7 Å². The number of fused-ring (bicyclic) bond motifs is 4. The Morgan fingerprint density at radius 1 is 0.294 bits per heavy atom. The van der Waals surface area contributed by atoms with Gasteiger partial charge in [0.25, 0.3) is 23.6 Å². The van der Waals surface area contributed by atoms with Crippen LogP contribution in [0.3, 0.4) is 0 Å². The highest BCUT2D eigenvalue weighted by atomic mass is 16.5. The summed E-state index contributed by atoms with van der Waals surface area (Å²) < 4.78 is 5.92. The van der Waals surface area contributed by atoms with Gasteiger partial charge in [-0.1, -0.05) is 42.5 Å². The number of carbonyl (C=O) groups excluding carboxylic acids is 5. The van der Waals surface area contributed by atoms with Crippen LogP contribution in [-0.2, 0) is 17.9 Å². The molecule has 17 aromatic rings. The van der Waals surface area contributed by atoms with Crippen LogP contribution < -0.4 is 50.9 Å². The van der Waals surface area contributed by atoms with Gasteiger partial charge in [0.1, 0.15) is 34.8 Å². The van der Waals surface area contributed by atoms with Crippen molar-refractivity contribution in [2.45, 2.75) is 70.9 Å². The molecule has 680 valence electrons. The lowest BCUT2D eigenvalue weighted by Crippen LogP contribution is -2.37. The summed E-state index contributed by atoms with van der Waals surface area (Å²) in [6.07, 6.45) is 31.6. The number of hydrogen-bond acceptors (Lipinski definition) is 24. The first kappa shape index (κ1) is 86.2. The zero-order chi connectivity index (χ0) is 91.8. The summed E-state index contributed by atoms with van der Waals surface area (Å²) >= 11 is 0. The fourth-order valence-electron chi connectivity index (χ4n) is 17.0. The van der Waals surface area contributed by atoms with Crippen LogP contribution in [0.2, 0.25) is 0 Å². The Morgan fingerprint density at radius 3 is 0.949 bits per heavy atom. The van der Waals surface area contributed by atoms with E-state index in [4.69, 9.17) is 4.74 Å². The predicted molar refractivity (Wildman–Crippen MR) is 526 cm³/mol. The highest BCUT2D eigenvalue weighted by Crippen LogP contribution is 2.37. The molecule has 0 unspecified atom stereocenters. The maximum absolute atomic E-state index is 13.0. The topological polar surface area (TPSA) is 392 Å². The number of likely N-dealkylation sites (tertiary alicyclic amines) is 2. The maximum atomic E-state index is 13.0. The second-order valence-electron chi connectivity index (χ2n) is 35.0. The number of amides is 5. The Labute approximate surface area is 781 Å². The van der Waals surface area contributed by atoms with Crippen LogP contribution in [0.1, 0.15) is 111 Å². The van der Waals surface area contributed by atoms with Gasteiger partial charge in [0.05, 0.1) is 87.7 Å². The van der Waals surface area contributed by atoms with Crippen molar-refractivity contribution in [2.24, 2.45) is 5.92 Å². The Morgan fingerprint density at radius 2 is 0.625 bits per heavy atom. The molecule has 1 saturated carbocycles. The highest BCUT2D eigenvalue weighted by molar-refractivity contribution is 6.15. The van der Waals surface area contributed by atoms with Crippen molar-refractivity contribution in [3.05, 3.63) is 284 Å². The number of hydrogen-bond donors (Lipinski definition) is 9.